The molecule has 2 aliphatic rings. The van der Waals surface area contributed by atoms with Crippen molar-refractivity contribution in [2.75, 3.05) is 25.1 Å². The van der Waals surface area contributed by atoms with Crippen molar-refractivity contribution in [3.63, 3.8) is 0 Å². The number of nitrogens with zero attached hydrogens (tertiary/aromatic N) is 3. The van der Waals surface area contributed by atoms with Crippen LogP contribution < -0.4 is 16.1 Å². The molecule has 28 heavy (non-hydrogen) atoms. The minimum Gasteiger partial charge on any atom is -0.477 e. The fraction of sp³-hybridized carbons (Fsp3) is 0.389. The maximum absolute atomic E-state index is 14.8. The number of hydrogen-bond acceptors (Lipinski definition) is 6. The van der Waals surface area contributed by atoms with Crippen LogP contribution in [0.4, 0.5) is 14.5 Å². The average Bonchev–Trinajstić information content (AvgIpc) is 3.35. The molecule has 1 aromatic heterocycles. The monoisotopic (exact) mass is 392 g/mol. The summed E-state index contributed by atoms with van der Waals surface area (Å²) in [6.07, 6.45) is 0.207. The van der Waals surface area contributed by atoms with E-state index in [1.165, 1.54) is 17.7 Å². The lowest BCUT2D eigenvalue weighted by molar-refractivity contribution is 0.0694. The van der Waals surface area contributed by atoms with Crippen LogP contribution in [0.5, 0.6) is 0 Å². The van der Waals surface area contributed by atoms with Gasteiger partial charge in [-0.05, 0) is 12.1 Å². The Morgan fingerprint density at radius 2 is 2.18 bits per heavy atom. The van der Waals surface area contributed by atoms with Gasteiger partial charge in [0.15, 0.2) is 0 Å². The Morgan fingerprint density at radius 1 is 1.46 bits per heavy atom. The van der Waals surface area contributed by atoms with E-state index >= 15 is 0 Å². The highest BCUT2D eigenvalue weighted by Crippen LogP contribution is 2.41. The van der Waals surface area contributed by atoms with Crippen molar-refractivity contribution in [1.29, 1.82) is 0 Å². The number of oxime groups is 1. The number of fused-ring (bicyclic) bond motifs is 1. The van der Waals surface area contributed by atoms with Gasteiger partial charge < -0.3 is 25.1 Å². The number of aromatic carboxylic acids is 1. The molecule has 0 unspecified atom stereocenters. The quantitative estimate of drug-likeness (QED) is 0.742. The maximum atomic E-state index is 14.8. The van der Waals surface area contributed by atoms with Crippen LogP contribution >= 0.6 is 0 Å². The second kappa shape index (κ2) is 6.55. The van der Waals surface area contributed by atoms with Crippen molar-refractivity contribution in [3.8, 4) is 0 Å². The number of aromatic nitrogens is 1. The van der Waals surface area contributed by atoms with Gasteiger partial charge in [0, 0.05) is 24.5 Å². The van der Waals surface area contributed by atoms with Gasteiger partial charge >= 0.3 is 5.97 Å². The summed E-state index contributed by atoms with van der Waals surface area (Å²) < 4.78 is 30.0. The Labute approximate surface area is 157 Å². The Kier molecular flexibility index (Phi) is 4.30. The average molecular weight is 392 g/mol. The highest BCUT2D eigenvalue weighted by molar-refractivity contribution is 6.04. The van der Waals surface area contributed by atoms with E-state index in [0.717, 1.165) is 12.3 Å². The van der Waals surface area contributed by atoms with Crippen LogP contribution in [0.1, 0.15) is 22.8 Å². The zero-order chi connectivity index (χ0) is 20.2. The number of benzene rings is 1. The van der Waals surface area contributed by atoms with Gasteiger partial charge in [-0.3, -0.25) is 4.79 Å². The topological polar surface area (TPSA) is 110 Å². The van der Waals surface area contributed by atoms with E-state index in [1.807, 2.05) is 0 Å². The lowest BCUT2D eigenvalue weighted by Gasteiger charge is -2.43. The molecule has 0 radical (unpaired) electrons. The first-order valence-electron chi connectivity index (χ1n) is 8.69. The van der Waals surface area contributed by atoms with Crippen LogP contribution in [0.25, 0.3) is 10.9 Å². The molecule has 1 aliphatic carbocycles. The molecule has 4 rings (SSSR count). The molecule has 1 aliphatic heterocycles. The summed E-state index contributed by atoms with van der Waals surface area (Å²) in [5, 5.41) is 13.0. The van der Waals surface area contributed by atoms with Crippen molar-refractivity contribution in [3.05, 3.63) is 39.9 Å². The van der Waals surface area contributed by atoms with E-state index < -0.39 is 35.0 Å². The highest BCUT2D eigenvalue weighted by Gasteiger charge is 2.41. The molecule has 3 N–H and O–H groups in total. The maximum Gasteiger partial charge on any atom is 0.341 e. The fourth-order valence-electron chi connectivity index (χ4n) is 3.63. The first-order chi connectivity index (χ1) is 13.4. The van der Waals surface area contributed by atoms with Gasteiger partial charge in [0.1, 0.15) is 30.4 Å². The Morgan fingerprint density at radius 3 is 2.75 bits per heavy atom. The molecule has 2 heterocycles. The molecule has 2 aromatic rings. The fourth-order valence-corrected chi connectivity index (χ4v) is 3.63. The minimum atomic E-state index is -1.44. The lowest BCUT2D eigenvalue weighted by atomic mass is 9.98. The Bertz CT molecular complexity index is 1070. The van der Waals surface area contributed by atoms with Gasteiger partial charge in [0.05, 0.1) is 29.8 Å². The predicted molar refractivity (Wildman–Crippen MR) is 98.3 cm³/mol. The predicted octanol–water partition coefficient (Wildman–Crippen LogP) is 1.27. The Balaban J connectivity index is 1.89. The van der Waals surface area contributed by atoms with Crippen LogP contribution in [0.15, 0.2) is 28.3 Å². The van der Waals surface area contributed by atoms with Crippen molar-refractivity contribution in [2.24, 2.45) is 10.9 Å². The van der Waals surface area contributed by atoms with Crippen molar-refractivity contribution in [1.82, 2.24) is 4.57 Å². The third-order valence-corrected chi connectivity index (χ3v) is 5.20. The molecule has 3 atom stereocenters. The minimum absolute atomic E-state index is 0.101. The summed E-state index contributed by atoms with van der Waals surface area (Å²) in [4.78, 5) is 30.3. The summed E-state index contributed by atoms with van der Waals surface area (Å²) in [6.45, 7) is 0.477. The summed E-state index contributed by atoms with van der Waals surface area (Å²) in [5.74, 6) is -2.13. The number of alkyl halides is 1. The largest absolute Gasteiger partial charge is 0.477 e. The molecule has 2 fully saturated rings. The second-order valence-corrected chi connectivity index (χ2v) is 6.87. The number of nitrogens with two attached hydrogens (primary N) is 1. The molecular formula is C18H18F2N4O4. The summed E-state index contributed by atoms with van der Waals surface area (Å²) >= 11 is 0. The third kappa shape index (κ3) is 2.71. The van der Waals surface area contributed by atoms with Crippen LogP contribution in [0.3, 0.4) is 0 Å². The smallest absolute Gasteiger partial charge is 0.341 e. The zero-order valence-electron chi connectivity index (χ0n) is 14.9. The van der Waals surface area contributed by atoms with Crippen LogP contribution in [-0.2, 0) is 4.84 Å². The van der Waals surface area contributed by atoms with Crippen LogP contribution in [-0.4, -0.2) is 53.8 Å². The number of carbonyl (C=O) groups is 1. The number of carboxylic acid groups (broad SMARTS) is 1. The normalized spacial score (nSPS) is 25.1. The summed E-state index contributed by atoms with van der Waals surface area (Å²) in [6, 6.07) is 1.51. The van der Waals surface area contributed by atoms with Gasteiger partial charge in [-0.2, -0.15) is 0 Å². The van der Waals surface area contributed by atoms with E-state index in [0.29, 0.717) is 12.3 Å². The SMILES string of the molecule is CO/N=C1/CN(c2cc3c(cc2F)c(=O)c(C(=O)O)cn3[C@@H]2C[C@@H]2F)[C@@H]1CN. The third-order valence-electron chi connectivity index (χ3n) is 5.20. The molecule has 10 heteroatoms. The van der Waals surface area contributed by atoms with Crippen molar-refractivity contribution < 1.29 is 23.5 Å². The van der Waals surface area contributed by atoms with E-state index in [1.54, 1.807) is 4.90 Å². The number of hydrogen-bond donors (Lipinski definition) is 2. The lowest BCUT2D eigenvalue weighted by Crippen LogP contribution is -2.61. The molecule has 0 spiro atoms. The molecule has 1 saturated carbocycles. The first kappa shape index (κ1) is 18.4. The van der Waals surface area contributed by atoms with E-state index in [9.17, 15) is 23.5 Å². The highest BCUT2D eigenvalue weighted by atomic mass is 19.1. The molecule has 0 bridgehead atoms. The molecule has 8 nitrogen and oxygen atoms in total. The van der Waals surface area contributed by atoms with E-state index in [-0.39, 0.29) is 35.6 Å². The number of carboxylic acids is 1. The molecule has 0 amide bonds. The van der Waals surface area contributed by atoms with Crippen LogP contribution in [0, 0.1) is 5.82 Å². The second-order valence-electron chi connectivity index (χ2n) is 6.87. The molecular weight excluding hydrogens is 374 g/mol. The summed E-state index contributed by atoms with van der Waals surface area (Å²) in [7, 11) is 1.40. The van der Waals surface area contributed by atoms with Gasteiger partial charge in [0.25, 0.3) is 0 Å². The molecule has 1 saturated heterocycles. The van der Waals surface area contributed by atoms with Gasteiger partial charge in [0.2, 0.25) is 5.43 Å². The van der Waals surface area contributed by atoms with Gasteiger partial charge in [-0.25, -0.2) is 13.6 Å². The van der Waals surface area contributed by atoms with Gasteiger partial charge in [-0.1, -0.05) is 5.16 Å². The van der Waals surface area contributed by atoms with Crippen LogP contribution in [0.2, 0.25) is 0 Å². The Hall–Kier alpha value is -3.01. The van der Waals surface area contributed by atoms with Gasteiger partial charge in [-0.15, -0.1) is 0 Å². The summed E-state index contributed by atoms with van der Waals surface area (Å²) in [5.41, 5.74) is 5.57. The molecule has 1 aromatic carbocycles. The molecule has 148 valence electrons. The standard InChI is InChI=1S/C18H18F2N4O4/c1-28-22-12-7-24(16(12)5-21)15-4-13-8(2-10(15)19)17(25)9(18(26)27)6-23(13)14-3-11(14)20/h2,4,6,11,14,16H,3,5,7,21H2,1H3,(H,26,27)/b22-12-/t11-,14+,16+/m0/s1. The zero-order valence-corrected chi connectivity index (χ0v) is 14.9. The number of pyridine rings is 1. The number of halogens is 2. The van der Waals surface area contributed by atoms with E-state index in [2.05, 4.69) is 5.16 Å². The van der Waals surface area contributed by atoms with E-state index in [4.69, 9.17) is 10.6 Å². The van der Waals surface area contributed by atoms with Crippen molar-refractivity contribution in [2.45, 2.75) is 24.7 Å². The number of anilines is 1. The van der Waals surface area contributed by atoms with Crippen molar-refractivity contribution >= 4 is 28.3 Å². The number of rotatable bonds is 5. The first-order valence-corrected chi connectivity index (χ1v) is 8.69.